The van der Waals surface area contributed by atoms with Crippen LogP contribution in [-0.2, 0) is 19.1 Å². The summed E-state index contributed by atoms with van der Waals surface area (Å²) in [4.78, 5) is 24.8. The number of esters is 1. The van der Waals surface area contributed by atoms with Crippen molar-refractivity contribution in [2.45, 2.75) is 76.5 Å². The van der Waals surface area contributed by atoms with E-state index >= 15 is 8.78 Å². The number of hydrogen-bond acceptors (Lipinski definition) is 5. The van der Waals surface area contributed by atoms with Gasteiger partial charge in [0.1, 0.15) is 6.17 Å². The van der Waals surface area contributed by atoms with Crippen LogP contribution in [0.2, 0.25) is 0 Å². The molecule has 3 saturated carbocycles. The van der Waals surface area contributed by atoms with Crippen molar-refractivity contribution in [1.29, 1.82) is 0 Å². The number of halogens is 3. The molecule has 0 aromatic carbocycles. The van der Waals surface area contributed by atoms with Gasteiger partial charge in [0.2, 0.25) is 0 Å². The summed E-state index contributed by atoms with van der Waals surface area (Å²) < 4.78 is 57.5. The van der Waals surface area contributed by atoms with Gasteiger partial charge in [-0.1, -0.05) is 19.9 Å². The molecule has 0 aromatic heterocycles. The molecule has 170 valence electrons. The predicted octanol–water partition coefficient (Wildman–Crippen LogP) is 3.51. The van der Waals surface area contributed by atoms with E-state index in [4.69, 9.17) is 9.47 Å². The van der Waals surface area contributed by atoms with Gasteiger partial charge in [-0.15, -0.1) is 0 Å². The largest absolute Gasteiger partial charge is 0.402 e. The smallest absolute Gasteiger partial charge is 0.363 e. The fourth-order valence-corrected chi connectivity index (χ4v) is 7.77. The van der Waals surface area contributed by atoms with Crippen LogP contribution in [0.15, 0.2) is 23.8 Å². The van der Waals surface area contributed by atoms with Gasteiger partial charge in [0.05, 0.1) is 6.10 Å². The average Bonchev–Trinajstić information content (AvgIpc) is 3.04. The van der Waals surface area contributed by atoms with Gasteiger partial charge in [0.15, 0.2) is 17.1 Å². The van der Waals surface area contributed by atoms with E-state index in [9.17, 15) is 19.1 Å². The van der Waals surface area contributed by atoms with Crippen molar-refractivity contribution in [3.05, 3.63) is 23.8 Å². The second kappa shape index (κ2) is 5.81. The summed E-state index contributed by atoms with van der Waals surface area (Å²) in [6, 6.07) is -2.62. The third-order valence-electron chi connectivity index (χ3n) is 9.09. The number of aliphatic hydroxyl groups is 1. The topological polar surface area (TPSA) is 72.8 Å². The van der Waals surface area contributed by atoms with Crippen LogP contribution in [0.4, 0.5) is 13.2 Å². The number of rotatable bonds is 0. The van der Waals surface area contributed by atoms with E-state index in [2.05, 4.69) is 0 Å². The van der Waals surface area contributed by atoms with Gasteiger partial charge in [-0.25, -0.2) is 13.6 Å². The van der Waals surface area contributed by atoms with E-state index in [1.54, 1.807) is 13.8 Å². The Hall–Kier alpha value is -1.67. The van der Waals surface area contributed by atoms with E-state index in [-0.39, 0.29) is 18.4 Å². The highest BCUT2D eigenvalue weighted by Crippen LogP contribution is 2.72. The summed E-state index contributed by atoms with van der Waals surface area (Å²) in [5.74, 6) is -3.31. The molecule has 10 atom stereocenters. The maximum atomic E-state index is 17.0. The van der Waals surface area contributed by atoms with Gasteiger partial charge in [0, 0.05) is 23.7 Å². The van der Waals surface area contributed by atoms with Crippen molar-refractivity contribution in [2.24, 2.45) is 28.6 Å². The molecular formula is C23H27F3O5. The number of ether oxygens (including phenoxy) is 2. The molecule has 31 heavy (non-hydrogen) atoms. The van der Waals surface area contributed by atoms with Crippen LogP contribution >= 0.6 is 0 Å². The van der Waals surface area contributed by atoms with Crippen molar-refractivity contribution in [1.82, 2.24) is 0 Å². The number of ketones is 1. The quantitative estimate of drug-likeness (QED) is 0.584. The average molecular weight is 440 g/mol. The van der Waals surface area contributed by atoms with Crippen LogP contribution in [0.25, 0.3) is 0 Å². The maximum absolute atomic E-state index is 17.0. The summed E-state index contributed by atoms with van der Waals surface area (Å²) in [6.07, 6.45) is 0.443. The second-order valence-corrected chi connectivity index (χ2v) is 10.6. The van der Waals surface area contributed by atoms with E-state index in [0.29, 0.717) is 6.42 Å². The fourth-order valence-electron chi connectivity index (χ4n) is 7.77. The highest BCUT2D eigenvalue weighted by atomic mass is 19.2. The van der Waals surface area contributed by atoms with Gasteiger partial charge >= 0.3 is 12.0 Å². The lowest BCUT2D eigenvalue weighted by atomic mass is 9.44. The molecule has 5 aliphatic rings. The molecule has 0 bridgehead atoms. The summed E-state index contributed by atoms with van der Waals surface area (Å²) >= 11 is 0. The first-order chi connectivity index (χ1) is 14.2. The minimum Gasteiger partial charge on any atom is -0.402 e. The van der Waals surface area contributed by atoms with Gasteiger partial charge < -0.3 is 9.84 Å². The molecule has 0 amide bonds. The Bertz CT molecular complexity index is 945. The summed E-state index contributed by atoms with van der Waals surface area (Å²) in [7, 11) is 0. The SMILES string of the molecule is C[C@@H]1C[C@H]2[C@@H]3C[C@H](F)C4=CC(=O)C=C[C@]4(C)[C@@]3(F)[C@@H](O)C[C@]2(C)[C@]12O[C@@](C)(F)OC2=O. The molecule has 5 rings (SSSR count). The van der Waals surface area contributed by atoms with Crippen molar-refractivity contribution in [3.63, 3.8) is 0 Å². The van der Waals surface area contributed by atoms with Crippen LogP contribution in [0.5, 0.6) is 0 Å². The highest BCUT2D eigenvalue weighted by Gasteiger charge is 2.80. The van der Waals surface area contributed by atoms with Crippen LogP contribution in [0.3, 0.4) is 0 Å². The Morgan fingerprint density at radius 1 is 1.13 bits per heavy atom. The molecule has 1 heterocycles. The van der Waals surface area contributed by atoms with Crippen LogP contribution in [0.1, 0.15) is 47.0 Å². The number of hydrogen-bond donors (Lipinski definition) is 1. The van der Waals surface area contributed by atoms with E-state index in [1.807, 2.05) is 0 Å². The standard InChI is InChI=1S/C23H27F3O5/c1-11-7-13-14-9-16(24)15-8-12(27)5-6-19(15,2)22(14,26)17(28)10-20(13,3)23(11)18(29)30-21(4,25)31-23/h5-6,8,11,13-14,16-17,28H,7,9-10H2,1-4H3/t11-,13+,14+,16+,17+,19+,20+,21+,22+,23+/m1/s1. The molecule has 4 aliphatic carbocycles. The Morgan fingerprint density at radius 3 is 2.42 bits per heavy atom. The summed E-state index contributed by atoms with van der Waals surface area (Å²) in [5.41, 5.74) is -6.57. The lowest BCUT2D eigenvalue weighted by Gasteiger charge is -2.62. The lowest BCUT2D eigenvalue weighted by molar-refractivity contribution is -0.290. The Balaban J connectivity index is 1.66. The number of cyclic esters (lactones) is 1. The first-order valence-corrected chi connectivity index (χ1v) is 10.8. The number of carbonyl (C=O) groups excluding carboxylic acids is 2. The van der Waals surface area contributed by atoms with Crippen LogP contribution in [-0.4, -0.2) is 46.4 Å². The van der Waals surface area contributed by atoms with Gasteiger partial charge in [-0.3, -0.25) is 9.53 Å². The number of alkyl halides is 3. The molecular weight excluding hydrogens is 413 g/mol. The summed E-state index contributed by atoms with van der Waals surface area (Å²) in [5, 5.41) is 11.2. The zero-order chi connectivity index (χ0) is 22.8. The minimum absolute atomic E-state index is 0.0371. The van der Waals surface area contributed by atoms with E-state index < -0.39 is 69.9 Å². The van der Waals surface area contributed by atoms with E-state index in [0.717, 1.165) is 13.0 Å². The van der Waals surface area contributed by atoms with Crippen molar-refractivity contribution in [3.8, 4) is 0 Å². The third kappa shape index (κ3) is 2.21. The maximum Gasteiger partial charge on any atom is 0.363 e. The first kappa shape index (κ1) is 21.2. The minimum atomic E-state index is -2.62. The molecule has 0 unspecified atom stereocenters. The predicted molar refractivity (Wildman–Crippen MR) is 103 cm³/mol. The Kier molecular flexibility index (Phi) is 3.97. The number of fused-ring (bicyclic) bond motifs is 6. The Labute approximate surface area is 178 Å². The molecule has 0 aromatic rings. The molecule has 1 spiro atoms. The normalized spacial score (nSPS) is 57.9. The van der Waals surface area contributed by atoms with Gasteiger partial charge in [0.25, 0.3) is 0 Å². The highest BCUT2D eigenvalue weighted by molar-refractivity contribution is 6.01. The van der Waals surface area contributed by atoms with Crippen molar-refractivity contribution < 1.29 is 37.3 Å². The van der Waals surface area contributed by atoms with Crippen molar-refractivity contribution in [2.75, 3.05) is 0 Å². The number of carbonyl (C=O) groups is 2. The fraction of sp³-hybridized carbons (Fsp3) is 0.739. The zero-order valence-electron chi connectivity index (χ0n) is 18.0. The molecule has 1 saturated heterocycles. The lowest BCUT2D eigenvalue weighted by Crippen LogP contribution is -2.70. The molecule has 1 N–H and O–H groups in total. The molecule has 4 fully saturated rings. The van der Waals surface area contributed by atoms with Crippen LogP contribution in [0, 0.1) is 28.6 Å². The van der Waals surface area contributed by atoms with Gasteiger partial charge in [-0.05, 0) is 55.7 Å². The Morgan fingerprint density at radius 2 is 1.81 bits per heavy atom. The van der Waals surface area contributed by atoms with Crippen LogP contribution < -0.4 is 0 Å². The first-order valence-electron chi connectivity index (χ1n) is 10.8. The molecule has 8 heteroatoms. The van der Waals surface area contributed by atoms with Crippen molar-refractivity contribution >= 4 is 11.8 Å². The number of allylic oxidation sites excluding steroid dienone is 4. The molecule has 5 nitrogen and oxygen atoms in total. The van der Waals surface area contributed by atoms with Gasteiger partial charge in [-0.2, -0.15) is 4.39 Å². The second-order valence-electron chi connectivity index (χ2n) is 10.6. The zero-order valence-corrected chi connectivity index (χ0v) is 18.0. The third-order valence-corrected chi connectivity index (χ3v) is 9.09. The summed E-state index contributed by atoms with van der Waals surface area (Å²) in [6.45, 7) is 5.93. The molecule has 1 aliphatic heterocycles. The monoisotopic (exact) mass is 440 g/mol. The molecule has 0 radical (unpaired) electrons. The number of aliphatic hydroxyl groups excluding tert-OH is 1. The van der Waals surface area contributed by atoms with E-state index in [1.165, 1.54) is 19.1 Å².